The Bertz CT molecular complexity index is 722. The van der Waals surface area contributed by atoms with Gasteiger partial charge in [0.2, 0.25) is 5.91 Å². The summed E-state index contributed by atoms with van der Waals surface area (Å²) in [5.74, 6) is -0.178. The van der Waals surface area contributed by atoms with Gasteiger partial charge in [-0.05, 0) is 43.4 Å². The van der Waals surface area contributed by atoms with Gasteiger partial charge in [0.15, 0.2) is 0 Å². The number of hydrogen-bond donors (Lipinski definition) is 1. The Labute approximate surface area is 163 Å². The summed E-state index contributed by atoms with van der Waals surface area (Å²) in [4.78, 5) is 28.9. The maximum atomic E-state index is 14.0. The van der Waals surface area contributed by atoms with E-state index in [4.69, 9.17) is 11.6 Å². The standard InChI is InChI=1S/C20H25ClFN3O2/c21-14-5-6-15(16(22)12-14)19(26)24-7-9-25(10-8-24)20(27)18-11-13-3-1-2-4-17(13)23-18/h5-6,12-13,17-18,23H,1-4,7-11H2. The smallest absolute Gasteiger partial charge is 0.256 e. The molecule has 0 aromatic heterocycles. The largest absolute Gasteiger partial charge is 0.338 e. The van der Waals surface area contributed by atoms with E-state index in [2.05, 4.69) is 5.32 Å². The maximum Gasteiger partial charge on any atom is 0.256 e. The number of benzene rings is 1. The highest BCUT2D eigenvalue weighted by Gasteiger charge is 2.40. The quantitative estimate of drug-likeness (QED) is 0.840. The van der Waals surface area contributed by atoms with Gasteiger partial charge in [0, 0.05) is 37.2 Å². The third-order valence-electron chi connectivity index (χ3n) is 6.20. The minimum atomic E-state index is -0.608. The second-order valence-corrected chi connectivity index (χ2v) is 8.28. The zero-order valence-electron chi connectivity index (χ0n) is 15.3. The fourth-order valence-electron chi connectivity index (χ4n) is 4.69. The highest BCUT2D eigenvalue weighted by atomic mass is 35.5. The second-order valence-electron chi connectivity index (χ2n) is 7.85. The fraction of sp³-hybridized carbons (Fsp3) is 0.600. The summed E-state index contributed by atoms with van der Waals surface area (Å²) in [5, 5.41) is 3.80. The Balaban J connectivity index is 1.33. The van der Waals surface area contributed by atoms with E-state index < -0.39 is 5.82 Å². The van der Waals surface area contributed by atoms with Crippen LogP contribution < -0.4 is 5.32 Å². The van der Waals surface area contributed by atoms with E-state index in [1.165, 1.54) is 37.8 Å². The molecule has 2 saturated heterocycles. The van der Waals surface area contributed by atoms with Crippen LogP contribution in [0.1, 0.15) is 42.5 Å². The zero-order chi connectivity index (χ0) is 19.0. The molecule has 1 aromatic carbocycles. The topological polar surface area (TPSA) is 52.7 Å². The average molecular weight is 394 g/mol. The van der Waals surface area contributed by atoms with Gasteiger partial charge >= 0.3 is 0 Å². The minimum Gasteiger partial charge on any atom is -0.338 e. The molecule has 1 aromatic rings. The zero-order valence-corrected chi connectivity index (χ0v) is 16.1. The number of hydrogen-bond acceptors (Lipinski definition) is 3. The third-order valence-corrected chi connectivity index (χ3v) is 6.44. The van der Waals surface area contributed by atoms with E-state index in [1.54, 1.807) is 4.90 Å². The number of piperazine rings is 1. The van der Waals surface area contributed by atoms with E-state index in [0.29, 0.717) is 38.1 Å². The molecule has 3 aliphatic rings. The van der Waals surface area contributed by atoms with Gasteiger partial charge in [0.25, 0.3) is 5.91 Å². The minimum absolute atomic E-state index is 0.0284. The number of fused-ring (bicyclic) bond motifs is 1. The van der Waals surface area contributed by atoms with Crippen molar-refractivity contribution in [3.05, 3.63) is 34.6 Å². The molecule has 1 aliphatic carbocycles. The van der Waals surface area contributed by atoms with Crippen LogP contribution in [0.15, 0.2) is 18.2 Å². The first-order valence-electron chi connectivity index (χ1n) is 9.82. The van der Waals surface area contributed by atoms with Crippen LogP contribution in [0.3, 0.4) is 0 Å². The second kappa shape index (κ2) is 7.76. The van der Waals surface area contributed by atoms with Crippen molar-refractivity contribution >= 4 is 23.4 Å². The van der Waals surface area contributed by atoms with Gasteiger partial charge in [0.05, 0.1) is 11.6 Å². The first-order chi connectivity index (χ1) is 13.0. The summed E-state index contributed by atoms with van der Waals surface area (Å²) >= 11 is 5.75. The van der Waals surface area contributed by atoms with Crippen LogP contribution in [-0.2, 0) is 4.79 Å². The number of carbonyl (C=O) groups is 2. The lowest BCUT2D eigenvalue weighted by molar-refractivity contribution is -0.134. The van der Waals surface area contributed by atoms with Crippen molar-refractivity contribution in [2.75, 3.05) is 26.2 Å². The third kappa shape index (κ3) is 3.83. The Kier molecular flexibility index (Phi) is 5.37. The van der Waals surface area contributed by atoms with Gasteiger partial charge in [-0.2, -0.15) is 0 Å². The molecule has 4 rings (SSSR count). The summed E-state index contributed by atoms with van der Waals surface area (Å²) in [6, 6.07) is 4.49. The van der Waals surface area contributed by atoms with Crippen molar-refractivity contribution in [2.45, 2.75) is 44.2 Å². The van der Waals surface area contributed by atoms with Gasteiger partial charge in [0.1, 0.15) is 5.82 Å². The van der Waals surface area contributed by atoms with Crippen LogP contribution in [0.25, 0.3) is 0 Å². The summed E-state index contributed by atoms with van der Waals surface area (Å²) in [6.07, 6.45) is 5.83. The normalized spacial score (nSPS) is 28.1. The lowest BCUT2D eigenvalue weighted by atomic mass is 9.85. The van der Waals surface area contributed by atoms with E-state index in [1.807, 2.05) is 4.90 Å². The van der Waals surface area contributed by atoms with Crippen molar-refractivity contribution in [1.29, 1.82) is 0 Å². The van der Waals surface area contributed by atoms with Crippen molar-refractivity contribution in [2.24, 2.45) is 5.92 Å². The van der Waals surface area contributed by atoms with Gasteiger partial charge in [-0.3, -0.25) is 9.59 Å². The molecule has 2 heterocycles. The van der Waals surface area contributed by atoms with Gasteiger partial charge in [-0.1, -0.05) is 24.4 Å². The molecule has 1 saturated carbocycles. The first kappa shape index (κ1) is 18.7. The average Bonchev–Trinajstić information content (AvgIpc) is 3.11. The predicted molar refractivity (Wildman–Crippen MR) is 101 cm³/mol. The van der Waals surface area contributed by atoms with Gasteiger partial charge in [-0.25, -0.2) is 4.39 Å². The SMILES string of the molecule is O=C(c1ccc(Cl)cc1F)N1CCN(C(=O)C2CC3CCCCC3N2)CC1. The number of halogens is 2. The van der Waals surface area contributed by atoms with Crippen LogP contribution in [-0.4, -0.2) is 59.9 Å². The van der Waals surface area contributed by atoms with Crippen molar-refractivity contribution in [3.8, 4) is 0 Å². The first-order valence-corrected chi connectivity index (χ1v) is 10.2. The number of nitrogens with zero attached hydrogens (tertiary/aromatic N) is 2. The number of nitrogens with one attached hydrogen (secondary N) is 1. The fourth-order valence-corrected chi connectivity index (χ4v) is 4.85. The molecule has 2 aliphatic heterocycles. The Hall–Kier alpha value is -1.66. The highest BCUT2D eigenvalue weighted by Crippen LogP contribution is 2.33. The Morgan fingerprint density at radius 2 is 1.78 bits per heavy atom. The van der Waals surface area contributed by atoms with Gasteiger partial charge < -0.3 is 15.1 Å². The number of carbonyl (C=O) groups excluding carboxylic acids is 2. The van der Waals surface area contributed by atoms with Gasteiger partial charge in [-0.15, -0.1) is 0 Å². The summed E-state index contributed by atoms with van der Waals surface area (Å²) in [6.45, 7) is 1.83. The van der Waals surface area contributed by atoms with Crippen LogP contribution >= 0.6 is 11.6 Å². The Morgan fingerprint density at radius 3 is 2.48 bits per heavy atom. The predicted octanol–water partition coefficient (Wildman–Crippen LogP) is 2.68. The molecule has 3 unspecified atom stereocenters. The molecular formula is C20H25ClFN3O2. The van der Waals surface area contributed by atoms with Crippen molar-refractivity contribution in [3.63, 3.8) is 0 Å². The molecule has 3 fully saturated rings. The molecular weight excluding hydrogens is 369 g/mol. The van der Waals surface area contributed by atoms with E-state index in [-0.39, 0.29) is 28.4 Å². The maximum absolute atomic E-state index is 14.0. The molecule has 146 valence electrons. The van der Waals surface area contributed by atoms with Crippen LogP contribution in [0.2, 0.25) is 5.02 Å². The molecule has 27 heavy (non-hydrogen) atoms. The number of amides is 2. The lowest BCUT2D eigenvalue weighted by Crippen LogP contribution is -2.54. The van der Waals surface area contributed by atoms with Crippen molar-refractivity contribution in [1.82, 2.24) is 15.1 Å². The highest BCUT2D eigenvalue weighted by molar-refractivity contribution is 6.30. The summed E-state index contributed by atoms with van der Waals surface area (Å²) in [5.41, 5.74) is 0.0284. The monoisotopic (exact) mass is 393 g/mol. The molecule has 0 radical (unpaired) electrons. The summed E-state index contributed by atoms with van der Waals surface area (Å²) < 4.78 is 14.0. The molecule has 3 atom stereocenters. The van der Waals surface area contributed by atoms with E-state index in [0.717, 1.165) is 12.5 Å². The molecule has 2 amide bonds. The lowest BCUT2D eigenvalue weighted by Gasteiger charge is -2.36. The Morgan fingerprint density at radius 1 is 1.07 bits per heavy atom. The molecule has 0 bridgehead atoms. The summed E-state index contributed by atoms with van der Waals surface area (Å²) in [7, 11) is 0. The van der Waals surface area contributed by atoms with Crippen LogP contribution in [0.5, 0.6) is 0 Å². The van der Waals surface area contributed by atoms with Crippen LogP contribution in [0, 0.1) is 11.7 Å². The molecule has 7 heteroatoms. The number of rotatable bonds is 2. The van der Waals surface area contributed by atoms with E-state index >= 15 is 0 Å². The molecule has 0 spiro atoms. The van der Waals surface area contributed by atoms with E-state index in [9.17, 15) is 14.0 Å². The van der Waals surface area contributed by atoms with Crippen LogP contribution in [0.4, 0.5) is 4.39 Å². The molecule has 1 N–H and O–H groups in total. The molecule has 5 nitrogen and oxygen atoms in total. The van der Waals surface area contributed by atoms with Crippen molar-refractivity contribution < 1.29 is 14.0 Å².